The normalized spacial score (nSPS) is 12.9. The molecular formula is C29H34N4O3. The second-order valence-corrected chi connectivity index (χ2v) is 9.32. The maximum Gasteiger partial charge on any atom is 0.323 e. The molecule has 1 saturated heterocycles. The Kier molecular flexibility index (Phi) is 8.10. The quantitative estimate of drug-likeness (QED) is 0.365. The summed E-state index contributed by atoms with van der Waals surface area (Å²) in [6.07, 6.45) is 2.21. The van der Waals surface area contributed by atoms with Crippen LogP contribution >= 0.6 is 0 Å². The lowest BCUT2D eigenvalue weighted by atomic mass is 10.0. The highest BCUT2D eigenvalue weighted by Crippen LogP contribution is 2.30. The van der Waals surface area contributed by atoms with Gasteiger partial charge in [0.05, 0.1) is 18.5 Å². The highest BCUT2D eigenvalue weighted by molar-refractivity contribution is 6.04. The summed E-state index contributed by atoms with van der Waals surface area (Å²) < 4.78 is 5.23. The third-order valence-corrected chi connectivity index (χ3v) is 6.38. The number of carbonyl (C=O) groups excluding carboxylic acids is 2. The van der Waals surface area contributed by atoms with Crippen LogP contribution in [-0.4, -0.2) is 32.1 Å². The van der Waals surface area contributed by atoms with Crippen molar-refractivity contribution in [2.24, 2.45) is 0 Å². The minimum Gasteiger partial charge on any atom is -0.497 e. The van der Waals surface area contributed by atoms with Gasteiger partial charge in [-0.3, -0.25) is 4.79 Å². The van der Waals surface area contributed by atoms with Crippen LogP contribution in [0.3, 0.4) is 0 Å². The van der Waals surface area contributed by atoms with Crippen molar-refractivity contribution in [3.05, 3.63) is 83.4 Å². The highest BCUT2D eigenvalue weighted by atomic mass is 16.5. The average molecular weight is 487 g/mol. The fourth-order valence-corrected chi connectivity index (χ4v) is 4.30. The zero-order valence-electron chi connectivity index (χ0n) is 21.1. The van der Waals surface area contributed by atoms with E-state index < -0.39 is 0 Å². The molecule has 0 bridgehead atoms. The summed E-state index contributed by atoms with van der Waals surface area (Å²) in [5, 5.41) is 8.78. The van der Waals surface area contributed by atoms with Crippen molar-refractivity contribution in [3.8, 4) is 5.75 Å². The fourth-order valence-electron chi connectivity index (χ4n) is 4.30. The Bertz CT molecular complexity index is 1200. The first-order valence-corrected chi connectivity index (χ1v) is 12.4. The van der Waals surface area contributed by atoms with E-state index in [1.807, 2.05) is 36.4 Å². The first kappa shape index (κ1) is 25.1. The zero-order chi connectivity index (χ0) is 25.5. The van der Waals surface area contributed by atoms with E-state index >= 15 is 0 Å². The van der Waals surface area contributed by atoms with E-state index in [2.05, 4.69) is 46.8 Å². The number of methoxy groups -OCH3 is 1. The molecule has 7 heteroatoms. The number of ether oxygens (including phenoxy) is 1. The Morgan fingerprint density at radius 1 is 0.944 bits per heavy atom. The van der Waals surface area contributed by atoms with Crippen LogP contribution in [-0.2, 0) is 6.54 Å². The summed E-state index contributed by atoms with van der Waals surface area (Å²) in [7, 11) is 1.58. The smallest absolute Gasteiger partial charge is 0.323 e. The average Bonchev–Trinajstić information content (AvgIpc) is 3.42. The van der Waals surface area contributed by atoms with E-state index in [9.17, 15) is 9.59 Å². The van der Waals surface area contributed by atoms with E-state index in [4.69, 9.17) is 4.74 Å². The van der Waals surface area contributed by atoms with E-state index in [1.165, 1.54) is 5.56 Å². The van der Waals surface area contributed by atoms with Crippen molar-refractivity contribution >= 4 is 29.0 Å². The second-order valence-electron chi connectivity index (χ2n) is 9.32. The van der Waals surface area contributed by atoms with Gasteiger partial charge in [-0.05, 0) is 60.2 Å². The van der Waals surface area contributed by atoms with E-state index in [1.54, 1.807) is 25.3 Å². The van der Waals surface area contributed by atoms with Crippen LogP contribution in [0, 0.1) is 0 Å². The van der Waals surface area contributed by atoms with Crippen molar-refractivity contribution in [2.75, 3.05) is 35.7 Å². The molecule has 3 aromatic rings. The zero-order valence-corrected chi connectivity index (χ0v) is 21.1. The number of hydrogen-bond acceptors (Lipinski definition) is 4. The SMILES string of the molecule is COc1cccc(NC(=O)Nc2cc(C(=O)NCc3ccc(C(C)C)cc3)ccc2N2CCCC2)c1. The topological polar surface area (TPSA) is 82.7 Å². The van der Waals surface area contributed by atoms with Crippen molar-refractivity contribution < 1.29 is 14.3 Å². The lowest BCUT2D eigenvalue weighted by Crippen LogP contribution is -2.26. The van der Waals surface area contributed by atoms with Gasteiger partial charge in [-0.1, -0.05) is 44.2 Å². The molecule has 1 fully saturated rings. The van der Waals surface area contributed by atoms with Gasteiger partial charge in [0.1, 0.15) is 5.75 Å². The number of hydrogen-bond donors (Lipinski definition) is 3. The van der Waals surface area contributed by atoms with Crippen molar-refractivity contribution in [1.29, 1.82) is 0 Å². The molecule has 3 aromatic carbocycles. The second kappa shape index (κ2) is 11.6. The number of anilines is 3. The molecule has 1 heterocycles. The van der Waals surface area contributed by atoms with Crippen LogP contribution in [0.25, 0.3) is 0 Å². The summed E-state index contributed by atoms with van der Waals surface area (Å²) in [6, 6.07) is 20.5. The molecule has 0 unspecified atom stereocenters. The molecule has 1 aliphatic heterocycles. The van der Waals surface area contributed by atoms with Gasteiger partial charge in [0.2, 0.25) is 0 Å². The van der Waals surface area contributed by atoms with E-state index in [0.29, 0.717) is 35.2 Å². The molecule has 7 nitrogen and oxygen atoms in total. The fraction of sp³-hybridized carbons (Fsp3) is 0.310. The number of amides is 3. The van der Waals surface area contributed by atoms with Gasteiger partial charge >= 0.3 is 6.03 Å². The lowest BCUT2D eigenvalue weighted by molar-refractivity contribution is 0.0951. The van der Waals surface area contributed by atoms with E-state index in [0.717, 1.165) is 37.2 Å². The van der Waals surface area contributed by atoms with Gasteiger partial charge < -0.3 is 25.6 Å². The van der Waals surface area contributed by atoms with Crippen LogP contribution in [0.1, 0.15) is 54.1 Å². The largest absolute Gasteiger partial charge is 0.497 e. The summed E-state index contributed by atoms with van der Waals surface area (Å²) in [5.74, 6) is 0.935. The van der Waals surface area contributed by atoms with Crippen molar-refractivity contribution in [3.63, 3.8) is 0 Å². The number of nitrogens with zero attached hydrogens (tertiary/aromatic N) is 1. The summed E-state index contributed by atoms with van der Waals surface area (Å²) in [5.41, 5.74) is 4.93. The molecule has 0 radical (unpaired) electrons. The Labute approximate surface area is 212 Å². The molecule has 1 aliphatic rings. The van der Waals surface area contributed by atoms with Gasteiger partial charge in [-0.2, -0.15) is 0 Å². The number of urea groups is 1. The molecule has 0 aliphatic carbocycles. The maximum absolute atomic E-state index is 13.0. The molecule has 0 spiro atoms. The molecule has 3 amide bonds. The third kappa shape index (κ3) is 6.36. The molecule has 4 rings (SSSR count). The molecular weight excluding hydrogens is 452 g/mol. The Morgan fingerprint density at radius 2 is 1.69 bits per heavy atom. The van der Waals surface area contributed by atoms with Crippen molar-refractivity contribution in [2.45, 2.75) is 39.2 Å². The van der Waals surface area contributed by atoms with Crippen LogP contribution in [0.4, 0.5) is 21.9 Å². The summed E-state index contributed by atoms with van der Waals surface area (Å²) in [6.45, 7) is 6.59. The van der Waals surface area contributed by atoms with Gasteiger partial charge in [0.25, 0.3) is 5.91 Å². The van der Waals surface area contributed by atoms with Crippen LogP contribution in [0.5, 0.6) is 5.75 Å². The minimum atomic E-state index is -0.383. The van der Waals surface area contributed by atoms with Gasteiger partial charge in [0, 0.05) is 37.0 Å². The predicted octanol–water partition coefficient (Wildman–Crippen LogP) is 5.99. The Hall–Kier alpha value is -4.00. The number of benzene rings is 3. The number of rotatable bonds is 8. The minimum absolute atomic E-state index is 0.188. The molecule has 36 heavy (non-hydrogen) atoms. The summed E-state index contributed by atoms with van der Waals surface area (Å²) >= 11 is 0. The van der Waals surface area contributed by atoms with E-state index in [-0.39, 0.29) is 11.9 Å². The highest BCUT2D eigenvalue weighted by Gasteiger charge is 2.19. The lowest BCUT2D eigenvalue weighted by Gasteiger charge is -2.22. The van der Waals surface area contributed by atoms with Gasteiger partial charge in [-0.25, -0.2) is 4.79 Å². The van der Waals surface area contributed by atoms with Crippen molar-refractivity contribution in [1.82, 2.24) is 5.32 Å². The molecule has 0 saturated carbocycles. The predicted molar refractivity (Wildman–Crippen MR) is 145 cm³/mol. The maximum atomic E-state index is 13.0. The van der Waals surface area contributed by atoms with Crippen LogP contribution < -0.4 is 25.6 Å². The summed E-state index contributed by atoms with van der Waals surface area (Å²) in [4.78, 5) is 28.0. The molecule has 188 valence electrons. The Balaban J connectivity index is 1.48. The van der Waals surface area contributed by atoms with Crippen LogP contribution in [0.15, 0.2) is 66.7 Å². The van der Waals surface area contributed by atoms with Crippen LogP contribution in [0.2, 0.25) is 0 Å². The molecule has 0 aromatic heterocycles. The standard InChI is InChI=1S/C29H34N4O3/c1-20(2)22-11-9-21(10-12-22)19-30-28(34)23-13-14-27(33-15-4-5-16-33)26(17-23)32-29(35)31-24-7-6-8-25(18-24)36-3/h6-14,17-18,20H,4-5,15-16,19H2,1-3H3,(H,30,34)(H2,31,32,35). The number of nitrogens with one attached hydrogen (secondary N) is 3. The van der Waals surface area contributed by atoms with Gasteiger partial charge in [-0.15, -0.1) is 0 Å². The monoisotopic (exact) mass is 486 g/mol. The van der Waals surface area contributed by atoms with Gasteiger partial charge in [0.15, 0.2) is 0 Å². The Morgan fingerprint density at radius 3 is 2.39 bits per heavy atom. The number of carbonyl (C=O) groups is 2. The molecule has 3 N–H and O–H groups in total. The molecule has 0 atom stereocenters. The first-order valence-electron chi connectivity index (χ1n) is 12.4. The third-order valence-electron chi connectivity index (χ3n) is 6.38. The first-order chi connectivity index (χ1) is 17.4.